The first kappa shape index (κ1) is 17.4. The summed E-state index contributed by atoms with van der Waals surface area (Å²) >= 11 is 6.41. The van der Waals surface area contributed by atoms with Gasteiger partial charge in [-0.15, -0.1) is 0 Å². The summed E-state index contributed by atoms with van der Waals surface area (Å²) in [6, 6.07) is 5.63. The number of nitrogens with one attached hydrogen (secondary N) is 2. The number of hydrogen-bond acceptors (Lipinski definition) is 3. The smallest absolute Gasteiger partial charge is 0.319 e. The monoisotopic (exact) mass is 351 g/mol. The maximum Gasteiger partial charge on any atom is 0.319 e. The van der Waals surface area contributed by atoms with Crippen LogP contribution in [0.25, 0.3) is 0 Å². The highest BCUT2D eigenvalue weighted by Gasteiger charge is 2.21. The molecule has 3 rings (SSSR count). The van der Waals surface area contributed by atoms with E-state index in [-0.39, 0.29) is 18.2 Å². The molecule has 1 aliphatic heterocycles. The van der Waals surface area contributed by atoms with Crippen molar-refractivity contribution >= 4 is 29.0 Å². The van der Waals surface area contributed by atoms with Crippen molar-refractivity contribution in [1.82, 2.24) is 5.32 Å². The summed E-state index contributed by atoms with van der Waals surface area (Å²) in [4.78, 5) is 14.4. The van der Waals surface area contributed by atoms with Gasteiger partial charge in [0.05, 0.1) is 16.8 Å². The Morgan fingerprint density at radius 1 is 1.12 bits per heavy atom. The molecule has 0 radical (unpaired) electrons. The first-order valence-electron chi connectivity index (χ1n) is 8.92. The lowest BCUT2D eigenvalue weighted by atomic mass is 9.93. The molecule has 2 fully saturated rings. The van der Waals surface area contributed by atoms with Gasteiger partial charge in [0.25, 0.3) is 0 Å². The summed E-state index contributed by atoms with van der Waals surface area (Å²) in [6.07, 6.45) is 6.62. The van der Waals surface area contributed by atoms with Gasteiger partial charge in [0.15, 0.2) is 0 Å². The minimum atomic E-state index is -0.216. The number of amides is 2. The van der Waals surface area contributed by atoms with Gasteiger partial charge in [-0.1, -0.05) is 11.6 Å². The number of benzene rings is 1. The molecule has 2 aliphatic rings. The van der Waals surface area contributed by atoms with E-state index in [0.29, 0.717) is 10.7 Å². The number of nitrogens with zero attached hydrogens (tertiary/aromatic N) is 1. The molecule has 6 heteroatoms. The second-order valence-electron chi connectivity index (χ2n) is 6.82. The van der Waals surface area contributed by atoms with Gasteiger partial charge in [-0.25, -0.2) is 4.79 Å². The van der Waals surface area contributed by atoms with Gasteiger partial charge in [0.1, 0.15) is 0 Å². The van der Waals surface area contributed by atoms with Crippen LogP contribution in [0.5, 0.6) is 0 Å². The van der Waals surface area contributed by atoms with Gasteiger partial charge in [-0.2, -0.15) is 0 Å². The van der Waals surface area contributed by atoms with Gasteiger partial charge in [-0.3, -0.25) is 0 Å². The van der Waals surface area contributed by atoms with Crippen molar-refractivity contribution in [3.05, 3.63) is 23.2 Å². The van der Waals surface area contributed by atoms with Gasteiger partial charge >= 0.3 is 6.03 Å². The Bertz CT molecular complexity index is 567. The highest BCUT2D eigenvalue weighted by atomic mass is 35.5. The fraction of sp³-hybridized carbons (Fsp3) is 0.611. The average molecular weight is 352 g/mol. The Kier molecular flexibility index (Phi) is 5.85. The molecular weight excluding hydrogens is 326 g/mol. The third-order valence-corrected chi connectivity index (χ3v) is 5.24. The molecule has 5 nitrogen and oxygen atoms in total. The number of halogens is 1. The second kappa shape index (κ2) is 8.08. The Morgan fingerprint density at radius 2 is 1.83 bits per heavy atom. The minimum Gasteiger partial charge on any atom is -0.393 e. The van der Waals surface area contributed by atoms with Crippen LogP contribution in [0.4, 0.5) is 16.2 Å². The van der Waals surface area contributed by atoms with Crippen molar-refractivity contribution in [2.45, 2.75) is 57.1 Å². The van der Waals surface area contributed by atoms with Crippen LogP contribution in [-0.2, 0) is 0 Å². The average Bonchev–Trinajstić information content (AvgIpc) is 2.58. The van der Waals surface area contributed by atoms with E-state index in [2.05, 4.69) is 15.5 Å². The second-order valence-corrected chi connectivity index (χ2v) is 7.23. The summed E-state index contributed by atoms with van der Waals surface area (Å²) < 4.78 is 0. The number of anilines is 2. The summed E-state index contributed by atoms with van der Waals surface area (Å²) in [7, 11) is 0. The molecule has 2 amide bonds. The lowest BCUT2D eigenvalue weighted by Gasteiger charge is -2.29. The number of rotatable bonds is 3. The number of urea groups is 1. The molecule has 1 saturated heterocycles. The van der Waals surface area contributed by atoms with Crippen molar-refractivity contribution in [3.8, 4) is 0 Å². The molecule has 0 aromatic heterocycles. The zero-order chi connectivity index (χ0) is 16.9. The highest BCUT2D eigenvalue weighted by molar-refractivity contribution is 6.33. The van der Waals surface area contributed by atoms with E-state index in [1.54, 1.807) is 0 Å². The molecule has 132 valence electrons. The number of piperidine rings is 1. The maximum absolute atomic E-state index is 12.1. The fourth-order valence-electron chi connectivity index (χ4n) is 3.55. The zero-order valence-corrected chi connectivity index (χ0v) is 14.7. The van der Waals surface area contributed by atoms with E-state index >= 15 is 0 Å². The van der Waals surface area contributed by atoms with E-state index in [0.717, 1.165) is 44.5 Å². The van der Waals surface area contributed by atoms with Crippen LogP contribution in [-0.4, -0.2) is 36.4 Å². The van der Waals surface area contributed by atoms with Crippen molar-refractivity contribution < 1.29 is 9.90 Å². The van der Waals surface area contributed by atoms with Crippen molar-refractivity contribution in [3.63, 3.8) is 0 Å². The first-order valence-corrected chi connectivity index (χ1v) is 9.30. The molecule has 1 aromatic rings. The maximum atomic E-state index is 12.1. The number of hydrogen-bond donors (Lipinski definition) is 3. The summed E-state index contributed by atoms with van der Waals surface area (Å²) in [5, 5.41) is 16.0. The van der Waals surface area contributed by atoms with Crippen LogP contribution in [0.1, 0.15) is 44.9 Å². The molecule has 0 atom stereocenters. The SMILES string of the molecule is O=C(Nc1ccc(N2CCCCC2)c(Cl)c1)NC1CCC(O)CC1. The van der Waals surface area contributed by atoms with E-state index in [1.165, 1.54) is 19.3 Å². The van der Waals surface area contributed by atoms with Crippen molar-refractivity contribution in [1.29, 1.82) is 0 Å². The summed E-state index contributed by atoms with van der Waals surface area (Å²) in [6.45, 7) is 2.08. The largest absolute Gasteiger partial charge is 0.393 e. The van der Waals surface area contributed by atoms with E-state index in [9.17, 15) is 9.90 Å². The van der Waals surface area contributed by atoms with Crippen LogP contribution in [0.3, 0.4) is 0 Å². The molecule has 1 aromatic carbocycles. The van der Waals surface area contributed by atoms with Crippen molar-refractivity contribution in [2.24, 2.45) is 0 Å². The predicted molar refractivity (Wildman–Crippen MR) is 97.9 cm³/mol. The first-order chi connectivity index (χ1) is 11.6. The number of carbonyl (C=O) groups is 1. The van der Waals surface area contributed by atoms with Crippen LogP contribution in [0.15, 0.2) is 18.2 Å². The van der Waals surface area contributed by atoms with E-state index in [1.807, 2.05) is 18.2 Å². The zero-order valence-electron chi connectivity index (χ0n) is 13.9. The lowest BCUT2D eigenvalue weighted by molar-refractivity contribution is 0.118. The van der Waals surface area contributed by atoms with Crippen LogP contribution < -0.4 is 15.5 Å². The van der Waals surface area contributed by atoms with Gasteiger partial charge in [-0.05, 0) is 63.1 Å². The van der Waals surface area contributed by atoms with Crippen LogP contribution in [0.2, 0.25) is 5.02 Å². The molecule has 1 heterocycles. The summed E-state index contributed by atoms with van der Waals surface area (Å²) in [5.74, 6) is 0. The normalized spacial score (nSPS) is 24.5. The van der Waals surface area contributed by atoms with Crippen molar-refractivity contribution in [2.75, 3.05) is 23.3 Å². The molecule has 0 unspecified atom stereocenters. The molecule has 1 saturated carbocycles. The topological polar surface area (TPSA) is 64.6 Å². The van der Waals surface area contributed by atoms with Gasteiger partial charge in [0.2, 0.25) is 0 Å². The fourth-order valence-corrected chi connectivity index (χ4v) is 3.85. The Balaban J connectivity index is 1.55. The minimum absolute atomic E-state index is 0.136. The molecule has 24 heavy (non-hydrogen) atoms. The summed E-state index contributed by atoms with van der Waals surface area (Å²) in [5.41, 5.74) is 1.75. The Labute approximate surface area is 148 Å². The molecule has 0 bridgehead atoms. The quantitative estimate of drug-likeness (QED) is 0.777. The van der Waals surface area contributed by atoms with E-state index in [4.69, 9.17) is 11.6 Å². The van der Waals surface area contributed by atoms with Crippen LogP contribution in [0, 0.1) is 0 Å². The standard InChI is InChI=1S/C18H26ClN3O2/c19-16-12-14(6-9-17(16)22-10-2-1-3-11-22)21-18(24)20-13-4-7-15(23)8-5-13/h6,9,12-13,15,23H,1-5,7-8,10-11H2,(H2,20,21,24). The third kappa shape index (κ3) is 4.54. The Morgan fingerprint density at radius 3 is 2.50 bits per heavy atom. The number of carbonyl (C=O) groups excluding carboxylic acids is 1. The molecular formula is C18H26ClN3O2. The molecule has 0 spiro atoms. The highest BCUT2D eigenvalue weighted by Crippen LogP contribution is 2.30. The lowest BCUT2D eigenvalue weighted by Crippen LogP contribution is -2.40. The third-order valence-electron chi connectivity index (χ3n) is 4.93. The number of aliphatic hydroxyl groups is 1. The Hall–Kier alpha value is -1.46. The van der Waals surface area contributed by atoms with Gasteiger partial charge in [0, 0.05) is 24.8 Å². The van der Waals surface area contributed by atoms with Crippen LogP contribution >= 0.6 is 11.6 Å². The number of aliphatic hydroxyl groups excluding tert-OH is 1. The van der Waals surface area contributed by atoms with E-state index < -0.39 is 0 Å². The molecule has 3 N–H and O–H groups in total. The predicted octanol–water partition coefficient (Wildman–Crippen LogP) is 3.76. The van der Waals surface area contributed by atoms with Gasteiger partial charge < -0.3 is 20.6 Å². The molecule has 1 aliphatic carbocycles.